The molecule has 182 valence electrons. The summed E-state index contributed by atoms with van der Waals surface area (Å²) < 4.78 is 6.61. The molecule has 1 heterocycles. The van der Waals surface area contributed by atoms with Crippen molar-refractivity contribution in [3.05, 3.63) is 111 Å². The number of nitro benzene ring substituents is 2. The number of rotatable bonds is 7. The topological polar surface area (TPSA) is 141 Å². The number of aromatic nitrogens is 1. The number of hydrogen-bond acceptors (Lipinski definition) is 9. The fourth-order valence-corrected chi connectivity index (χ4v) is 4.51. The molecule has 0 saturated heterocycles. The number of nitrogens with zero attached hydrogens (tertiary/aromatic N) is 4. The highest BCUT2D eigenvalue weighted by Gasteiger charge is 2.21. The zero-order valence-corrected chi connectivity index (χ0v) is 19.7. The fourth-order valence-electron chi connectivity index (χ4n) is 3.51. The maximum absolute atomic E-state index is 11.3. The molecule has 0 aliphatic rings. The molecule has 0 amide bonds. The van der Waals surface area contributed by atoms with Crippen molar-refractivity contribution in [1.82, 2.24) is 4.98 Å². The van der Waals surface area contributed by atoms with E-state index in [0.29, 0.717) is 17.0 Å². The van der Waals surface area contributed by atoms with Gasteiger partial charge in [-0.1, -0.05) is 12.1 Å². The van der Waals surface area contributed by atoms with Gasteiger partial charge in [0.25, 0.3) is 5.69 Å². The Bertz CT molecular complexity index is 1650. The molecule has 0 radical (unpaired) electrons. The summed E-state index contributed by atoms with van der Waals surface area (Å²) in [5.74, 6) is 0.273. The Morgan fingerprint density at radius 1 is 0.919 bits per heavy atom. The quantitative estimate of drug-likeness (QED) is 0.140. The molecule has 0 atom stereocenters. The summed E-state index contributed by atoms with van der Waals surface area (Å²) in [6.45, 7) is 0. The second kappa shape index (κ2) is 9.84. The SMILES string of the molecule is O=[N+]([O-])c1ccc(Oc2ccc(C=Nc3ccc(-c4nc5ccccc5s4)c(O)c3)cc2)c([N+](=O)[O-])c1. The summed E-state index contributed by atoms with van der Waals surface area (Å²) >= 11 is 1.50. The van der Waals surface area contributed by atoms with Crippen molar-refractivity contribution in [2.24, 2.45) is 4.99 Å². The van der Waals surface area contributed by atoms with E-state index in [1.807, 2.05) is 24.3 Å². The van der Waals surface area contributed by atoms with Gasteiger partial charge in [-0.15, -0.1) is 11.3 Å². The van der Waals surface area contributed by atoms with E-state index in [1.165, 1.54) is 17.4 Å². The molecule has 1 N–H and O–H groups in total. The van der Waals surface area contributed by atoms with E-state index in [4.69, 9.17) is 4.74 Å². The first-order valence-corrected chi connectivity index (χ1v) is 11.6. The Kier molecular flexibility index (Phi) is 6.27. The molecular formula is C26H16N4O6S. The van der Waals surface area contributed by atoms with Crippen LogP contribution in [0.15, 0.2) is 89.9 Å². The van der Waals surface area contributed by atoms with E-state index in [1.54, 1.807) is 48.7 Å². The van der Waals surface area contributed by atoms with E-state index < -0.39 is 21.2 Å². The summed E-state index contributed by atoms with van der Waals surface area (Å²) in [6, 6.07) is 22.7. The number of ether oxygens (including phenoxy) is 1. The summed E-state index contributed by atoms with van der Waals surface area (Å²) in [5, 5.41) is 33.5. The number of phenolic OH excluding ortho intramolecular Hbond substituents is 1. The van der Waals surface area contributed by atoms with Crippen LogP contribution in [0.5, 0.6) is 17.2 Å². The van der Waals surface area contributed by atoms with E-state index in [2.05, 4.69) is 9.98 Å². The van der Waals surface area contributed by atoms with Crippen LogP contribution in [0.3, 0.4) is 0 Å². The van der Waals surface area contributed by atoms with Gasteiger partial charge in [0, 0.05) is 18.3 Å². The number of para-hydroxylation sites is 1. The molecule has 0 bridgehead atoms. The second-order valence-electron chi connectivity index (χ2n) is 7.78. The third-order valence-corrected chi connectivity index (χ3v) is 6.40. The van der Waals surface area contributed by atoms with Crippen LogP contribution in [0, 0.1) is 20.2 Å². The van der Waals surface area contributed by atoms with Crippen LogP contribution in [0.25, 0.3) is 20.8 Å². The average Bonchev–Trinajstić information content (AvgIpc) is 3.32. The zero-order chi connectivity index (χ0) is 25.9. The molecule has 4 aromatic carbocycles. The minimum absolute atomic E-state index is 0.0714. The lowest BCUT2D eigenvalue weighted by molar-refractivity contribution is -0.394. The molecule has 5 rings (SSSR count). The molecule has 0 aliphatic carbocycles. The lowest BCUT2D eigenvalue weighted by Gasteiger charge is -2.06. The first kappa shape index (κ1) is 23.6. The van der Waals surface area contributed by atoms with E-state index >= 15 is 0 Å². The zero-order valence-electron chi connectivity index (χ0n) is 18.8. The predicted molar refractivity (Wildman–Crippen MR) is 140 cm³/mol. The molecule has 37 heavy (non-hydrogen) atoms. The molecule has 1 aromatic heterocycles. The number of nitro groups is 2. The van der Waals surface area contributed by atoms with Gasteiger partial charge in [-0.2, -0.15) is 0 Å². The third-order valence-electron chi connectivity index (χ3n) is 5.33. The summed E-state index contributed by atoms with van der Waals surface area (Å²) in [5.41, 5.74) is 1.87. The maximum atomic E-state index is 11.3. The van der Waals surface area contributed by atoms with Crippen LogP contribution in [0.2, 0.25) is 0 Å². The Morgan fingerprint density at radius 3 is 2.41 bits per heavy atom. The second-order valence-corrected chi connectivity index (χ2v) is 8.81. The number of benzene rings is 4. The smallest absolute Gasteiger partial charge is 0.318 e. The first-order chi connectivity index (χ1) is 17.9. The van der Waals surface area contributed by atoms with Crippen LogP contribution in [0.1, 0.15) is 5.56 Å². The normalized spacial score (nSPS) is 11.1. The fraction of sp³-hybridized carbons (Fsp3) is 0. The molecular weight excluding hydrogens is 496 g/mol. The van der Waals surface area contributed by atoms with Gasteiger partial charge in [0.05, 0.1) is 37.4 Å². The number of non-ortho nitro benzene ring substituents is 1. The molecule has 0 aliphatic heterocycles. The maximum Gasteiger partial charge on any atom is 0.318 e. The number of thiazole rings is 1. The number of phenols is 1. The molecule has 10 nitrogen and oxygen atoms in total. The number of hydrogen-bond donors (Lipinski definition) is 1. The van der Waals surface area contributed by atoms with Gasteiger partial charge in [-0.25, -0.2) is 4.98 Å². The van der Waals surface area contributed by atoms with Crippen molar-refractivity contribution < 1.29 is 19.7 Å². The average molecular weight is 513 g/mol. The number of fused-ring (bicyclic) bond motifs is 1. The Balaban J connectivity index is 1.30. The minimum atomic E-state index is -0.735. The van der Waals surface area contributed by atoms with Gasteiger partial charge in [0.15, 0.2) is 0 Å². The molecule has 0 spiro atoms. The lowest BCUT2D eigenvalue weighted by atomic mass is 10.2. The van der Waals surface area contributed by atoms with Crippen molar-refractivity contribution in [2.75, 3.05) is 0 Å². The summed E-state index contributed by atoms with van der Waals surface area (Å²) in [6.07, 6.45) is 1.60. The molecule has 0 saturated carbocycles. The van der Waals surface area contributed by atoms with Gasteiger partial charge in [-0.05, 0) is 60.2 Å². The van der Waals surface area contributed by atoms with Crippen molar-refractivity contribution in [2.45, 2.75) is 0 Å². The van der Waals surface area contributed by atoms with E-state index in [-0.39, 0.29) is 11.5 Å². The van der Waals surface area contributed by atoms with Crippen LogP contribution >= 0.6 is 11.3 Å². The van der Waals surface area contributed by atoms with Gasteiger partial charge in [0.2, 0.25) is 5.75 Å². The van der Waals surface area contributed by atoms with Crippen molar-refractivity contribution in [1.29, 1.82) is 0 Å². The molecule has 11 heteroatoms. The van der Waals surface area contributed by atoms with Crippen LogP contribution in [-0.4, -0.2) is 26.2 Å². The van der Waals surface area contributed by atoms with Gasteiger partial charge in [0.1, 0.15) is 16.5 Å². The Labute approximate surface area is 213 Å². The largest absolute Gasteiger partial charge is 0.507 e. The van der Waals surface area contributed by atoms with Crippen LogP contribution < -0.4 is 4.74 Å². The first-order valence-electron chi connectivity index (χ1n) is 10.8. The lowest BCUT2D eigenvalue weighted by Crippen LogP contribution is -1.96. The van der Waals surface area contributed by atoms with Crippen LogP contribution in [-0.2, 0) is 0 Å². The highest BCUT2D eigenvalue weighted by atomic mass is 32.1. The van der Waals surface area contributed by atoms with Gasteiger partial charge in [-0.3, -0.25) is 25.2 Å². The summed E-state index contributed by atoms with van der Waals surface area (Å²) in [4.78, 5) is 29.7. The van der Waals surface area contributed by atoms with Crippen molar-refractivity contribution >= 4 is 44.8 Å². The molecule has 5 aromatic rings. The predicted octanol–water partition coefficient (Wildman–Crippen LogP) is 7.03. The van der Waals surface area contributed by atoms with Crippen molar-refractivity contribution in [3.63, 3.8) is 0 Å². The van der Waals surface area contributed by atoms with E-state index in [9.17, 15) is 25.3 Å². The number of aromatic hydroxyl groups is 1. The highest BCUT2D eigenvalue weighted by molar-refractivity contribution is 7.21. The standard InChI is InChI=1S/C26H16N4O6S/c31-23-13-17(7-11-20(23)26-28-21-3-1-2-4-25(21)37-26)27-15-16-5-9-19(10-6-16)36-24-12-8-18(29(32)33)14-22(24)30(34)35/h1-15,31H. The minimum Gasteiger partial charge on any atom is -0.507 e. The number of aliphatic imine (C=N–C) groups is 1. The summed E-state index contributed by atoms with van der Waals surface area (Å²) in [7, 11) is 0. The van der Waals surface area contributed by atoms with Gasteiger partial charge < -0.3 is 9.84 Å². The van der Waals surface area contributed by atoms with Crippen LogP contribution in [0.4, 0.5) is 17.1 Å². The van der Waals surface area contributed by atoms with E-state index in [0.717, 1.165) is 32.9 Å². The highest BCUT2D eigenvalue weighted by Crippen LogP contribution is 2.37. The Hall–Kier alpha value is -5.16. The molecule has 0 unspecified atom stereocenters. The van der Waals surface area contributed by atoms with Gasteiger partial charge >= 0.3 is 5.69 Å². The Morgan fingerprint density at radius 2 is 1.70 bits per heavy atom. The third kappa shape index (κ3) is 5.11. The monoisotopic (exact) mass is 512 g/mol. The molecule has 0 fully saturated rings. The van der Waals surface area contributed by atoms with Crippen molar-refractivity contribution in [3.8, 4) is 27.8 Å².